The molecule has 1 aliphatic carbocycles. The number of aryl methyl sites for hydroxylation is 2. The van der Waals surface area contributed by atoms with Gasteiger partial charge < -0.3 is 4.52 Å². The van der Waals surface area contributed by atoms with E-state index >= 15 is 0 Å². The van der Waals surface area contributed by atoms with Crippen LogP contribution in [0.25, 0.3) is 17.1 Å². The first kappa shape index (κ1) is 10.5. The third-order valence-corrected chi connectivity index (χ3v) is 3.52. The van der Waals surface area contributed by atoms with Gasteiger partial charge >= 0.3 is 0 Å². The number of hydrogen-bond donors (Lipinski definition) is 0. The smallest absolute Gasteiger partial charge is 0.173 e. The lowest BCUT2D eigenvalue weighted by Gasteiger charge is -2.12. The maximum Gasteiger partial charge on any atom is 0.173 e. The molecule has 0 saturated heterocycles. The fourth-order valence-electron chi connectivity index (χ4n) is 2.67. The predicted molar refractivity (Wildman–Crippen MR) is 69.0 cm³/mol. The molecule has 0 N–H and O–H groups in total. The lowest BCUT2D eigenvalue weighted by atomic mass is 9.95. The molecule has 0 saturated carbocycles. The molecule has 4 rings (SSSR count). The van der Waals surface area contributed by atoms with Crippen LogP contribution >= 0.6 is 0 Å². The largest absolute Gasteiger partial charge is 0.356 e. The number of nitrogens with zero attached hydrogens (tertiary/aromatic N) is 4. The molecule has 0 atom stereocenters. The van der Waals surface area contributed by atoms with Crippen LogP contribution in [-0.2, 0) is 12.8 Å². The van der Waals surface area contributed by atoms with E-state index in [1.807, 2.05) is 29.8 Å². The van der Waals surface area contributed by atoms with Gasteiger partial charge in [0.15, 0.2) is 11.6 Å². The van der Waals surface area contributed by atoms with Crippen molar-refractivity contribution in [1.29, 1.82) is 0 Å². The van der Waals surface area contributed by atoms with Gasteiger partial charge in [-0.15, -0.1) is 0 Å². The van der Waals surface area contributed by atoms with Crippen molar-refractivity contribution in [1.82, 2.24) is 19.9 Å². The van der Waals surface area contributed by atoms with Crippen LogP contribution in [0, 0.1) is 6.92 Å². The fourth-order valence-corrected chi connectivity index (χ4v) is 2.67. The van der Waals surface area contributed by atoms with Crippen molar-refractivity contribution in [3.63, 3.8) is 0 Å². The number of pyridine rings is 1. The van der Waals surface area contributed by atoms with E-state index in [9.17, 15) is 0 Å². The Morgan fingerprint density at radius 1 is 1.26 bits per heavy atom. The fraction of sp³-hybridized carbons (Fsp3) is 0.214. The third kappa shape index (κ3) is 1.44. The minimum atomic E-state index is 0.842. The summed E-state index contributed by atoms with van der Waals surface area (Å²) >= 11 is 0. The monoisotopic (exact) mass is 252 g/mol. The Bertz CT molecular complexity index is 742. The Morgan fingerprint density at radius 3 is 3.05 bits per heavy atom. The van der Waals surface area contributed by atoms with E-state index in [2.05, 4.69) is 15.2 Å². The Kier molecular flexibility index (Phi) is 2.09. The van der Waals surface area contributed by atoms with Gasteiger partial charge in [0.05, 0.1) is 23.1 Å². The van der Waals surface area contributed by atoms with Gasteiger partial charge in [-0.3, -0.25) is 0 Å². The normalized spacial score (nSPS) is 13.1. The second-order valence-corrected chi connectivity index (χ2v) is 4.69. The summed E-state index contributed by atoms with van der Waals surface area (Å²) in [4.78, 5) is 4.37. The highest BCUT2D eigenvalue weighted by Gasteiger charge is 2.27. The summed E-state index contributed by atoms with van der Waals surface area (Å²) in [5, 5.41) is 8.51. The van der Waals surface area contributed by atoms with Gasteiger partial charge in [0, 0.05) is 11.8 Å². The zero-order valence-corrected chi connectivity index (χ0v) is 10.5. The van der Waals surface area contributed by atoms with Gasteiger partial charge in [-0.05, 0) is 31.9 Å². The predicted octanol–water partition coefficient (Wildman–Crippen LogP) is 2.33. The van der Waals surface area contributed by atoms with Gasteiger partial charge in [0.2, 0.25) is 0 Å². The van der Waals surface area contributed by atoms with E-state index in [1.165, 1.54) is 0 Å². The van der Waals surface area contributed by atoms with Gasteiger partial charge in [-0.1, -0.05) is 11.2 Å². The third-order valence-electron chi connectivity index (χ3n) is 3.52. The first-order valence-electron chi connectivity index (χ1n) is 6.28. The Morgan fingerprint density at radius 2 is 2.21 bits per heavy atom. The van der Waals surface area contributed by atoms with Crippen LogP contribution in [0.3, 0.4) is 0 Å². The summed E-state index contributed by atoms with van der Waals surface area (Å²) in [7, 11) is 0. The highest BCUT2D eigenvalue weighted by molar-refractivity contribution is 5.69. The lowest BCUT2D eigenvalue weighted by molar-refractivity contribution is 0.430. The van der Waals surface area contributed by atoms with Crippen molar-refractivity contribution >= 4 is 0 Å². The van der Waals surface area contributed by atoms with Crippen LogP contribution in [0.5, 0.6) is 0 Å². The first-order valence-corrected chi connectivity index (χ1v) is 6.28. The van der Waals surface area contributed by atoms with Gasteiger partial charge in [0.1, 0.15) is 0 Å². The van der Waals surface area contributed by atoms with Gasteiger partial charge in [0.25, 0.3) is 0 Å². The lowest BCUT2D eigenvalue weighted by Crippen LogP contribution is -2.08. The molecule has 0 spiro atoms. The van der Waals surface area contributed by atoms with Crippen LogP contribution in [0.1, 0.15) is 17.0 Å². The van der Waals surface area contributed by atoms with E-state index in [0.717, 1.165) is 46.9 Å². The van der Waals surface area contributed by atoms with Crippen LogP contribution < -0.4 is 0 Å². The maximum atomic E-state index is 5.39. The number of rotatable bonds is 1. The molecular formula is C14H12N4O. The van der Waals surface area contributed by atoms with Crippen LogP contribution in [-0.4, -0.2) is 19.9 Å². The molecule has 5 nitrogen and oxygen atoms in total. The quantitative estimate of drug-likeness (QED) is 0.667. The zero-order chi connectivity index (χ0) is 12.8. The van der Waals surface area contributed by atoms with Crippen molar-refractivity contribution in [3.8, 4) is 17.1 Å². The van der Waals surface area contributed by atoms with Crippen molar-refractivity contribution in [2.75, 3.05) is 0 Å². The average molecular weight is 252 g/mol. The minimum Gasteiger partial charge on any atom is -0.356 e. The maximum absolute atomic E-state index is 5.39. The summed E-state index contributed by atoms with van der Waals surface area (Å²) in [6, 6.07) is 5.83. The highest BCUT2D eigenvalue weighted by atomic mass is 16.5. The van der Waals surface area contributed by atoms with E-state index < -0.39 is 0 Å². The minimum absolute atomic E-state index is 0.842. The van der Waals surface area contributed by atoms with Gasteiger partial charge in [-0.2, -0.15) is 5.10 Å². The molecule has 0 aliphatic heterocycles. The SMILES string of the molecule is Cc1nn(-c2ccccn2)c2c1-c1oncc1CC2. The molecule has 0 radical (unpaired) electrons. The van der Waals surface area contributed by atoms with Gasteiger partial charge in [-0.25, -0.2) is 9.67 Å². The molecule has 3 aromatic rings. The van der Waals surface area contributed by atoms with E-state index in [1.54, 1.807) is 12.4 Å². The second-order valence-electron chi connectivity index (χ2n) is 4.69. The molecule has 5 heteroatoms. The molecular weight excluding hydrogens is 240 g/mol. The molecule has 94 valence electrons. The van der Waals surface area contributed by atoms with E-state index in [0.29, 0.717) is 0 Å². The number of aromatic nitrogens is 4. The Hall–Kier alpha value is -2.43. The average Bonchev–Trinajstić information content (AvgIpc) is 3.04. The van der Waals surface area contributed by atoms with Crippen LogP contribution in [0.4, 0.5) is 0 Å². The molecule has 1 aliphatic rings. The van der Waals surface area contributed by atoms with E-state index in [4.69, 9.17) is 4.52 Å². The highest BCUT2D eigenvalue weighted by Crippen LogP contribution is 2.36. The summed E-state index contributed by atoms with van der Waals surface area (Å²) in [6.07, 6.45) is 5.45. The topological polar surface area (TPSA) is 56.7 Å². The van der Waals surface area contributed by atoms with Crippen molar-refractivity contribution in [2.45, 2.75) is 19.8 Å². The number of fused-ring (bicyclic) bond motifs is 3. The molecule has 0 bridgehead atoms. The Balaban J connectivity index is 1.97. The summed E-state index contributed by atoms with van der Waals surface area (Å²) < 4.78 is 7.30. The molecule has 0 aromatic carbocycles. The molecule has 0 unspecified atom stereocenters. The molecule has 3 heterocycles. The van der Waals surface area contributed by atoms with Crippen molar-refractivity contribution in [2.24, 2.45) is 0 Å². The van der Waals surface area contributed by atoms with Crippen molar-refractivity contribution < 1.29 is 4.52 Å². The summed E-state index contributed by atoms with van der Waals surface area (Å²) in [6.45, 7) is 2.00. The number of hydrogen-bond acceptors (Lipinski definition) is 4. The second kappa shape index (κ2) is 3.78. The Labute approximate surface area is 109 Å². The summed E-state index contributed by atoms with van der Waals surface area (Å²) in [5.41, 5.74) is 4.35. The molecule has 0 fully saturated rings. The molecule has 19 heavy (non-hydrogen) atoms. The first-order chi connectivity index (χ1) is 9.34. The van der Waals surface area contributed by atoms with Crippen LogP contribution in [0.15, 0.2) is 35.1 Å². The molecule has 0 amide bonds. The van der Waals surface area contributed by atoms with Crippen LogP contribution in [0.2, 0.25) is 0 Å². The zero-order valence-electron chi connectivity index (χ0n) is 10.5. The summed E-state index contributed by atoms with van der Waals surface area (Å²) in [5.74, 6) is 1.70. The van der Waals surface area contributed by atoms with Crippen molar-refractivity contribution in [3.05, 3.63) is 47.5 Å². The van der Waals surface area contributed by atoms with E-state index in [-0.39, 0.29) is 0 Å². The molecule has 3 aromatic heterocycles. The standard InChI is InChI=1S/C14H12N4O/c1-9-13-11(6-5-10-8-16-19-14(10)13)18(17-9)12-4-2-3-7-15-12/h2-4,7-8H,5-6H2,1H3.